The lowest BCUT2D eigenvalue weighted by Gasteiger charge is -2.28. The summed E-state index contributed by atoms with van der Waals surface area (Å²) in [5.41, 5.74) is 7.99. The molecule has 2 aromatic carbocycles. The van der Waals surface area contributed by atoms with Crippen LogP contribution in [0.3, 0.4) is 0 Å². The zero-order valence-electron chi connectivity index (χ0n) is 13.8. The van der Waals surface area contributed by atoms with Gasteiger partial charge in [0, 0.05) is 12.7 Å². The van der Waals surface area contributed by atoms with Gasteiger partial charge in [-0.3, -0.25) is 0 Å². The molecule has 2 aromatic rings. The Morgan fingerprint density at radius 1 is 1.09 bits per heavy atom. The Bertz CT molecular complexity index is 763. The molecular weight excluding hydrogens is 270 g/mol. The fourth-order valence-electron chi connectivity index (χ4n) is 3.25. The molecule has 1 atom stereocenters. The predicted molar refractivity (Wildman–Crippen MR) is 91.8 cm³/mol. The van der Waals surface area contributed by atoms with Crippen molar-refractivity contribution in [1.29, 1.82) is 5.26 Å². The van der Waals surface area contributed by atoms with Gasteiger partial charge in [-0.15, -0.1) is 0 Å². The topological polar surface area (TPSA) is 30.3 Å². The smallest absolute Gasteiger partial charge is 0.103 e. The highest BCUT2D eigenvalue weighted by molar-refractivity contribution is 5.87. The van der Waals surface area contributed by atoms with E-state index in [1.54, 1.807) is 0 Å². The van der Waals surface area contributed by atoms with Gasteiger partial charge in [0.05, 0.1) is 16.9 Å². The summed E-state index contributed by atoms with van der Waals surface area (Å²) in [5, 5.41) is 9.39. The van der Waals surface area contributed by atoms with E-state index in [2.05, 4.69) is 68.8 Å². The van der Waals surface area contributed by atoms with Gasteiger partial charge in [-0.05, 0) is 68.7 Å². The quantitative estimate of drug-likeness (QED) is 0.779. The third-order valence-corrected chi connectivity index (χ3v) is 4.87. The lowest BCUT2D eigenvalue weighted by Crippen LogP contribution is -2.35. The minimum Gasteiger partial charge on any atom is -0.351 e. The highest BCUT2D eigenvalue weighted by Crippen LogP contribution is 2.45. The number of anilines is 3. The molecule has 0 spiro atoms. The molecule has 0 unspecified atom stereocenters. The molecule has 1 heterocycles. The Morgan fingerprint density at radius 3 is 2.32 bits per heavy atom. The monoisotopic (exact) mass is 291 g/mol. The van der Waals surface area contributed by atoms with Crippen LogP contribution in [0.1, 0.15) is 29.2 Å². The Labute approximate surface area is 132 Å². The average Bonchev–Trinajstić information content (AvgIpc) is 2.76. The molecule has 22 heavy (non-hydrogen) atoms. The van der Waals surface area contributed by atoms with Gasteiger partial charge >= 0.3 is 0 Å². The van der Waals surface area contributed by atoms with Gasteiger partial charge in [-0.2, -0.15) is 5.26 Å². The minimum atomic E-state index is 0.186. The number of fused-ring (bicyclic) bond motifs is 1. The summed E-state index contributed by atoms with van der Waals surface area (Å²) in [6.45, 7) is 8.65. The molecule has 0 aliphatic carbocycles. The molecule has 0 N–H and O–H groups in total. The van der Waals surface area contributed by atoms with Gasteiger partial charge in [-0.25, -0.2) is 0 Å². The molecule has 3 rings (SSSR count). The second-order valence-corrected chi connectivity index (χ2v) is 6.10. The Hall–Kier alpha value is -2.47. The zero-order valence-corrected chi connectivity index (χ0v) is 13.8. The fraction of sp³-hybridized carbons (Fsp3) is 0.316. The van der Waals surface area contributed by atoms with Crippen LogP contribution in [0.2, 0.25) is 0 Å². The van der Waals surface area contributed by atoms with E-state index in [-0.39, 0.29) is 6.17 Å². The van der Waals surface area contributed by atoms with E-state index in [1.807, 2.05) is 12.1 Å². The van der Waals surface area contributed by atoms with Gasteiger partial charge in [0.15, 0.2) is 0 Å². The van der Waals surface area contributed by atoms with Crippen molar-refractivity contribution in [1.82, 2.24) is 0 Å². The summed E-state index contributed by atoms with van der Waals surface area (Å²) in [6, 6.07) is 12.7. The predicted octanol–water partition coefficient (Wildman–Crippen LogP) is 4.42. The van der Waals surface area contributed by atoms with E-state index in [0.29, 0.717) is 0 Å². The van der Waals surface area contributed by atoms with Crippen molar-refractivity contribution >= 4 is 17.1 Å². The van der Waals surface area contributed by atoms with Crippen LogP contribution in [-0.4, -0.2) is 13.2 Å². The van der Waals surface area contributed by atoms with Crippen LogP contribution in [0.25, 0.3) is 0 Å². The third kappa shape index (κ3) is 1.95. The second kappa shape index (κ2) is 5.06. The molecular formula is C19H21N3. The van der Waals surface area contributed by atoms with Gasteiger partial charge < -0.3 is 9.80 Å². The standard InChI is InChI=1S/C19H21N3/c1-12-9-17(10-13(2)14(12)3)22-15(4)21(5)19-16(11-20)7-6-8-18(19)22/h6-10,15H,1-5H3/t15-/m0/s1. The Morgan fingerprint density at radius 2 is 1.73 bits per heavy atom. The van der Waals surface area contributed by atoms with E-state index in [0.717, 1.165) is 16.9 Å². The number of aryl methyl sites for hydroxylation is 2. The van der Waals surface area contributed by atoms with Crippen LogP contribution in [0, 0.1) is 32.1 Å². The average molecular weight is 291 g/mol. The van der Waals surface area contributed by atoms with Crippen molar-refractivity contribution in [3.8, 4) is 6.07 Å². The van der Waals surface area contributed by atoms with Crippen LogP contribution in [0.15, 0.2) is 30.3 Å². The summed E-state index contributed by atoms with van der Waals surface area (Å²) in [5.74, 6) is 0. The van der Waals surface area contributed by atoms with Gasteiger partial charge in [0.2, 0.25) is 0 Å². The van der Waals surface area contributed by atoms with Crippen LogP contribution < -0.4 is 9.80 Å². The highest BCUT2D eigenvalue weighted by atomic mass is 15.4. The van der Waals surface area contributed by atoms with Crippen LogP contribution in [-0.2, 0) is 0 Å². The number of hydrogen-bond acceptors (Lipinski definition) is 3. The molecule has 0 aromatic heterocycles. The summed E-state index contributed by atoms with van der Waals surface area (Å²) in [7, 11) is 2.05. The summed E-state index contributed by atoms with van der Waals surface area (Å²) in [6.07, 6.45) is 0.186. The summed E-state index contributed by atoms with van der Waals surface area (Å²) >= 11 is 0. The second-order valence-electron chi connectivity index (χ2n) is 6.10. The van der Waals surface area contributed by atoms with E-state index in [1.165, 1.54) is 22.4 Å². The van der Waals surface area contributed by atoms with E-state index in [9.17, 15) is 5.26 Å². The maximum atomic E-state index is 9.39. The first kappa shape index (κ1) is 14.5. The molecule has 0 fully saturated rings. The number of nitriles is 1. The lowest BCUT2D eigenvalue weighted by atomic mass is 10.0. The van der Waals surface area contributed by atoms with Crippen LogP contribution in [0.4, 0.5) is 17.1 Å². The van der Waals surface area contributed by atoms with Crippen molar-refractivity contribution in [2.75, 3.05) is 16.8 Å². The fourth-order valence-corrected chi connectivity index (χ4v) is 3.25. The number of hydrogen-bond donors (Lipinski definition) is 0. The first-order chi connectivity index (χ1) is 10.5. The SMILES string of the molecule is Cc1cc(N2c3cccc(C#N)c3N(C)[C@@H]2C)cc(C)c1C. The van der Waals surface area contributed by atoms with E-state index in [4.69, 9.17) is 0 Å². The first-order valence-corrected chi connectivity index (χ1v) is 7.58. The molecule has 3 nitrogen and oxygen atoms in total. The van der Waals surface area contributed by atoms with Gasteiger partial charge in [-0.1, -0.05) is 6.07 Å². The lowest BCUT2D eigenvalue weighted by molar-refractivity contribution is 0.733. The number of nitrogens with zero attached hydrogens (tertiary/aromatic N) is 3. The van der Waals surface area contributed by atoms with Crippen molar-refractivity contribution < 1.29 is 0 Å². The first-order valence-electron chi connectivity index (χ1n) is 7.58. The van der Waals surface area contributed by atoms with Crippen molar-refractivity contribution in [3.63, 3.8) is 0 Å². The minimum absolute atomic E-state index is 0.186. The van der Waals surface area contributed by atoms with Crippen molar-refractivity contribution in [2.45, 2.75) is 33.9 Å². The third-order valence-electron chi connectivity index (χ3n) is 4.87. The molecule has 0 saturated carbocycles. The molecule has 3 heteroatoms. The number of rotatable bonds is 1. The Balaban J connectivity index is 2.21. The van der Waals surface area contributed by atoms with Gasteiger partial charge in [0.1, 0.15) is 12.2 Å². The highest BCUT2D eigenvalue weighted by Gasteiger charge is 2.33. The van der Waals surface area contributed by atoms with Crippen molar-refractivity contribution in [3.05, 3.63) is 52.6 Å². The van der Waals surface area contributed by atoms with E-state index < -0.39 is 0 Å². The van der Waals surface area contributed by atoms with Crippen LogP contribution >= 0.6 is 0 Å². The molecule has 0 saturated heterocycles. The molecule has 1 aliphatic heterocycles. The largest absolute Gasteiger partial charge is 0.351 e. The molecule has 0 bridgehead atoms. The number of para-hydroxylation sites is 1. The molecule has 0 amide bonds. The molecule has 112 valence electrons. The summed E-state index contributed by atoms with van der Waals surface area (Å²) < 4.78 is 0. The van der Waals surface area contributed by atoms with Crippen LogP contribution in [0.5, 0.6) is 0 Å². The van der Waals surface area contributed by atoms with Gasteiger partial charge in [0.25, 0.3) is 0 Å². The maximum Gasteiger partial charge on any atom is 0.103 e. The van der Waals surface area contributed by atoms with E-state index >= 15 is 0 Å². The zero-order chi connectivity index (χ0) is 16.0. The molecule has 0 radical (unpaired) electrons. The molecule has 1 aliphatic rings. The maximum absolute atomic E-state index is 9.39. The normalized spacial score (nSPS) is 16.6. The number of benzene rings is 2. The van der Waals surface area contributed by atoms with Crippen molar-refractivity contribution in [2.24, 2.45) is 0 Å². The summed E-state index contributed by atoms with van der Waals surface area (Å²) in [4.78, 5) is 4.49. The Kier molecular flexibility index (Phi) is 3.33.